The predicted molar refractivity (Wildman–Crippen MR) is 61.8 cm³/mol. The first-order valence-electron chi connectivity index (χ1n) is 5.91. The van der Waals surface area contributed by atoms with Crippen molar-refractivity contribution in [2.75, 3.05) is 5.32 Å². The third-order valence-electron chi connectivity index (χ3n) is 2.83. The summed E-state index contributed by atoms with van der Waals surface area (Å²) in [6, 6.07) is 2.51. The van der Waals surface area contributed by atoms with Crippen molar-refractivity contribution < 1.29 is 49.4 Å². The molecule has 0 atom stereocenters. The number of aliphatic hydroxyl groups is 1. The Morgan fingerprint density at radius 1 is 0.958 bits per heavy atom. The number of benzene rings is 1. The Hall–Kier alpha value is -1.98. The molecular formula is C12H8F9NO2. The van der Waals surface area contributed by atoms with Crippen molar-refractivity contribution in [1.82, 2.24) is 0 Å². The van der Waals surface area contributed by atoms with Crippen molar-refractivity contribution in [2.24, 2.45) is 0 Å². The summed E-state index contributed by atoms with van der Waals surface area (Å²) < 4.78 is 112. The monoisotopic (exact) mass is 369 g/mol. The molecule has 0 saturated heterocycles. The van der Waals surface area contributed by atoms with Crippen LogP contribution in [-0.4, -0.2) is 29.0 Å². The normalized spacial score (nSPS) is 13.8. The number of hydrogen-bond acceptors (Lipinski definition) is 2. The maximum Gasteiger partial charge on any atom is 0.426 e. The van der Waals surface area contributed by atoms with Gasteiger partial charge in [-0.3, -0.25) is 4.79 Å². The lowest BCUT2D eigenvalue weighted by Gasteiger charge is -2.31. The Balaban J connectivity index is 3.00. The standard InChI is InChI=1S/C12H8F9NO2/c13-10(14,15)6-2-1-3-7(4-6)22-8(23)5-9(24,11(16,17)18)12(19,20)21/h1-4,24H,5H2,(H,22,23). The Labute approximate surface area is 128 Å². The molecule has 136 valence electrons. The summed E-state index contributed by atoms with van der Waals surface area (Å²) in [4.78, 5) is 11.3. The minimum atomic E-state index is -6.21. The van der Waals surface area contributed by atoms with Gasteiger partial charge in [0.2, 0.25) is 5.91 Å². The van der Waals surface area contributed by atoms with E-state index in [0.717, 1.165) is 12.1 Å². The summed E-state index contributed by atoms with van der Waals surface area (Å²) in [6.07, 6.45) is -19.7. The van der Waals surface area contributed by atoms with Crippen molar-refractivity contribution in [1.29, 1.82) is 0 Å². The second-order valence-electron chi connectivity index (χ2n) is 4.66. The Morgan fingerprint density at radius 2 is 1.46 bits per heavy atom. The van der Waals surface area contributed by atoms with E-state index in [1.165, 1.54) is 5.32 Å². The summed E-state index contributed by atoms with van der Waals surface area (Å²) >= 11 is 0. The highest BCUT2D eigenvalue weighted by atomic mass is 19.4. The number of halogens is 9. The van der Waals surface area contributed by atoms with E-state index in [9.17, 15) is 44.3 Å². The van der Waals surface area contributed by atoms with Crippen LogP contribution in [0.5, 0.6) is 0 Å². The molecule has 3 nitrogen and oxygen atoms in total. The second kappa shape index (κ2) is 6.15. The molecular weight excluding hydrogens is 361 g/mol. The van der Waals surface area contributed by atoms with Gasteiger partial charge in [0.25, 0.3) is 5.60 Å². The Bertz CT molecular complexity index is 590. The molecule has 0 aromatic heterocycles. The number of rotatable bonds is 3. The van der Waals surface area contributed by atoms with Crippen molar-refractivity contribution >= 4 is 11.6 Å². The summed E-state index contributed by atoms with van der Waals surface area (Å²) in [5.74, 6) is -1.97. The predicted octanol–water partition coefficient (Wildman–Crippen LogP) is 3.89. The number of nitrogens with one attached hydrogen (secondary N) is 1. The van der Waals surface area contributed by atoms with Gasteiger partial charge in [-0.05, 0) is 18.2 Å². The van der Waals surface area contributed by atoms with Gasteiger partial charge in [-0.25, -0.2) is 0 Å². The highest BCUT2D eigenvalue weighted by molar-refractivity contribution is 5.91. The van der Waals surface area contributed by atoms with Crippen molar-refractivity contribution in [3.05, 3.63) is 29.8 Å². The largest absolute Gasteiger partial charge is 0.426 e. The van der Waals surface area contributed by atoms with Gasteiger partial charge < -0.3 is 10.4 Å². The number of anilines is 1. The summed E-state index contributed by atoms with van der Waals surface area (Å²) in [5.41, 5.74) is -7.28. The number of alkyl halides is 9. The third kappa shape index (κ3) is 4.30. The molecule has 0 aliphatic carbocycles. The first-order valence-corrected chi connectivity index (χ1v) is 5.91. The SMILES string of the molecule is O=C(CC(O)(C(F)(F)F)C(F)(F)F)Nc1cccc(C(F)(F)F)c1. The van der Waals surface area contributed by atoms with Crippen LogP contribution in [0.15, 0.2) is 24.3 Å². The van der Waals surface area contributed by atoms with Crippen LogP contribution in [0.4, 0.5) is 45.2 Å². The third-order valence-corrected chi connectivity index (χ3v) is 2.83. The van der Waals surface area contributed by atoms with E-state index in [1.54, 1.807) is 0 Å². The second-order valence-corrected chi connectivity index (χ2v) is 4.66. The number of carbonyl (C=O) groups is 1. The summed E-state index contributed by atoms with van der Waals surface area (Å²) in [7, 11) is 0. The van der Waals surface area contributed by atoms with E-state index in [4.69, 9.17) is 5.11 Å². The minimum Gasteiger partial charge on any atom is -0.373 e. The van der Waals surface area contributed by atoms with Crippen LogP contribution < -0.4 is 5.32 Å². The molecule has 0 unspecified atom stereocenters. The smallest absolute Gasteiger partial charge is 0.373 e. The maximum atomic E-state index is 12.4. The molecule has 0 aliphatic heterocycles. The fourth-order valence-electron chi connectivity index (χ4n) is 1.57. The number of hydrogen-bond donors (Lipinski definition) is 2. The molecule has 0 bridgehead atoms. The molecule has 1 rings (SSSR count). The fraction of sp³-hybridized carbons (Fsp3) is 0.417. The van der Waals surface area contributed by atoms with Gasteiger partial charge in [0.05, 0.1) is 12.0 Å². The van der Waals surface area contributed by atoms with Crippen LogP contribution in [-0.2, 0) is 11.0 Å². The lowest BCUT2D eigenvalue weighted by atomic mass is 9.97. The van der Waals surface area contributed by atoms with Crippen LogP contribution in [0.3, 0.4) is 0 Å². The average Bonchev–Trinajstić information content (AvgIpc) is 2.35. The molecule has 0 radical (unpaired) electrons. The fourth-order valence-corrected chi connectivity index (χ4v) is 1.57. The van der Waals surface area contributed by atoms with Gasteiger partial charge >= 0.3 is 18.5 Å². The first-order chi connectivity index (χ1) is 10.6. The highest BCUT2D eigenvalue weighted by Crippen LogP contribution is 2.45. The van der Waals surface area contributed by atoms with E-state index < -0.39 is 47.7 Å². The number of carbonyl (C=O) groups excluding carboxylic acids is 1. The van der Waals surface area contributed by atoms with Gasteiger partial charge in [0.15, 0.2) is 0 Å². The van der Waals surface area contributed by atoms with Gasteiger partial charge in [-0.15, -0.1) is 0 Å². The zero-order chi connectivity index (χ0) is 19.0. The molecule has 2 N–H and O–H groups in total. The van der Waals surface area contributed by atoms with Crippen LogP contribution in [0.2, 0.25) is 0 Å². The Kier molecular flexibility index (Phi) is 5.14. The Morgan fingerprint density at radius 3 is 1.88 bits per heavy atom. The lowest BCUT2D eigenvalue weighted by molar-refractivity contribution is -0.366. The molecule has 1 amide bonds. The molecule has 0 heterocycles. The average molecular weight is 369 g/mol. The van der Waals surface area contributed by atoms with E-state index >= 15 is 0 Å². The zero-order valence-corrected chi connectivity index (χ0v) is 11.3. The van der Waals surface area contributed by atoms with E-state index in [0.29, 0.717) is 12.1 Å². The maximum absolute atomic E-state index is 12.4. The van der Waals surface area contributed by atoms with Crippen LogP contribution in [0, 0.1) is 0 Å². The molecule has 1 aromatic rings. The van der Waals surface area contributed by atoms with E-state index in [1.807, 2.05) is 0 Å². The van der Waals surface area contributed by atoms with Gasteiger partial charge in [-0.1, -0.05) is 6.07 Å². The van der Waals surface area contributed by atoms with Gasteiger partial charge in [-0.2, -0.15) is 39.5 Å². The van der Waals surface area contributed by atoms with Crippen molar-refractivity contribution in [3.63, 3.8) is 0 Å². The molecule has 24 heavy (non-hydrogen) atoms. The van der Waals surface area contributed by atoms with Gasteiger partial charge in [0, 0.05) is 5.69 Å². The molecule has 12 heteroatoms. The van der Waals surface area contributed by atoms with Crippen molar-refractivity contribution in [3.8, 4) is 0 Å². The molecule has 0 saturated carbocycles. The van der Waals surface area contributed by atoms with E-state index in [-0.39, 0.29) is 0 Å². The molecule has 1 aromatic carbocycles. The lowest BCUT2D eigenvalue weighted by Crippen LogP contribution is -2.58. The van der Waals surface area contributed by atoms with E-state index in [2.05, 4.69) is 0 Å². The van der Waals surface area contributed by atoms with Crippen molar-refractivity contribution in [2.45, 2.75) is 30.6 Å². The molecule has 0 aliphatic rings. The summed E-state index contributed by atoms with van der Waals surface area (Å²) in [5, 5.41) is 10.3. The first kappa shape index (κ1) is 20.1. The minimum absolute atomic E-state index is 0.318. The quantitative estimate of drug-likeness (QED) is 0.795. The topological polar surface area (TPSA) is 49.3 Å². The highest BCUT2D eigenvalue weighted by Gasteiger charge is 2.71. The van der Waals surface area contributed by atoms with Crippen LogP contribution >= 0.6 is 0 Å². The zero-order valence-electron chi connectivity index (χ0n) is 11.3. The van der Waals surface area contributed by atoms with Crippen LogP contribution in [0.1, 0.15) is 12.0 Å². The van der Waals surface area contributed by atoms with Crippen LogP contribution in [0.25, 0.3) is 0 Å². The number of amides is 1. The summed E-state index contributed by atoms with van der Waals surface area (Å²) in [6.45, 7) is 0. The molecule has 0 spiro atoms. The molecule has 0 fully saturated rings. The van der Waals surface area contributed by atoms with Gasteiger partial charge in [0.1, 0.15) is 0 Å².